The van der Waals surface area contributed by atoms with Crippen LogP contribution in [-0.2, 0) is 32.0 Å². The van der Waals surface area contributed by atoms with E-state index in [2.05, 4.69) is 37.9 Å². The van der Waals surface area contributed by atoms with Crippen molar-refractivity contribution in [2.45, 2.75) is 39.7 Å². The molecule has 2 fully saturated rings. The Morgan fingerprint density at radius 2 is 1.46 bits per heavy atom. The van der Waals surface area contributed by atoms with E-state index in [0.29, 0.717) is 38.6 Å². The fourth-order valence-corrected chi connectivity index (χ4v) is 5.78. The molecule has 0 aromatic heterocycles. The van der Waals surface area contributed by atoms with Crippen LogP contribution in [0.5, 0.6) is 5.75 Å². The van der Waals surface area contributed by atoms with Gasteiger partial charge in [-0.2, -0.15) is 0 Å². The van der Waals surface area contributed by atoms with Crippen molar-refractivity contribution in [1.82, 2.24) is 0 Å². The van der Waals surface area contributed by atoms with Crippen LogP contribution >= 0.6 is 31.9 Å². The van der Waals surface area contributed by atoms with Gasteiger partial charge in [-0.25, -0.2) is 0 Å². The molecule has 41 heavy (non-hydrogen) atoms. The lowest BCUT2D eigenvalue weighted by molar-refractivity contribution is -0.123. The molecule has 2 aliphatic rings. The minimum atomic E-state index is -0.0781. The molecule has 0 spiro atoms. The number of ketones is 1. The molecule has 2 heterocycles. The van der Waals surface area contributed by atoms with Gasteiger partial charge in [-0.3, -0.25) is 9.59 Å². The van der Waals surface area contributed by atoms with Gasteiger partial charge in [0.05, 0.1) is 38.5 Å². The van der Waals surface area contributed by atoms with Crippen LogP contribution in [0.3, 0.4) is 0 Å². The molecule has 8 heteroatoms. The fraction of sp³-hybridized carbons (Fsp3) is 0.394. The Morgan fingerprint density at radius 1 is 0.854 bits per heavy atom. The highest BCUT2D eigenvalue weighted by Crippen LogP contribution is 2.31. The third kappa shape index (κ3) is 8.74. The summed E-state index contributed by atoms with van der Waals surface area (Å²) in [5.74, 6) is 1.24. The molecule has 0 saturated carbocycles. The Labute approximate surface area is 259 Å². The summed E-state index contributed by atoms with van der Waals surface area (Å²) in [6.45, 7) is 7.07. The summed E-state index contributed by atoms with van der Waals surface area (Å²) in [6.07, 6.45) is 2.17. The zero-order chi connectivity index (χ0) is 29.4. The molecular weight excluding hydrogens is 650 g/mol. The number of hydrogen-bond acceptors (Lipinski definition) is 5. The number of hydrogen-bond donors (Lipinski definition) is 0. The van der Waals surface area contributed by atoms with Crippen molar-refractivity contribution < 1.29 is 23.8 Å². The van der Waals surface area contributed by atoms with E-state index < -0.39 is 0 Å². The lowest BCUT2D eigenvalue weighted by atomic mass is 9.97. The molecule has 6 nitrogen and oxygen atoms in total. The molecule has 0 radical (unpaired) electrons. The minimum Gasteiger partial charge on any atom is -0.497 e. The largest absolute Gasteiger partial charge is 0.497 e. The lowest BCUT2D eigenvalue weighted by Gasteiger charge is -2.27. The Hall–Kier alpha value is -2.52. The number of amides is 1. The van der Waals surface area contributed by atoms with E-state index in [-0.39, 0.29) is 17.7 Å². The predicted molar refractivity (Wildman–Crippen MR) is 169 cm³/mol. The van der Waals surface area contributed by atoms with Crippen LogP contribution < -0.4 is 9.64 Å². The van der Waals surface area contributed by atoms with Crippen LogP contribution in [0.4, 0.5) is 5.69 Å². The highest BCUT2D eigenvalue weighted by atomic mass is 79.9. The topological polar surface area (TPSA) is 65.1 Å². The first kappa shape index (κ1) is 31.4. The monoisotopic (exact) mass is 685 g/mol. The van der Waals surface area contributed by atoms with E-state index in [1.165, 1.54) is 5.56 Å². The van der Waals surface area contributed by atoms with Crippen LogP contribution in [0.1, 0.15) is 35.1 Å². The van der Waals surface area contributed by atoms with E-state index in [0.717, 1.165) is 56.5 Å². The Balaban J connectivity index is 0.000000208. The summed E-state index contributed by atoms with van der Waals surface area (Å²) in [5.41, 5.74) is 5.34. The molecule has 2 unspecified atom stereocenters. The van der Waals surface area contributed by atoms with Gasteiger partial charge in [-0.05, 0) is 89.6 Å². The first-order chi connectivity index (χ1) is 19.7. The third-order valence-electron chi connectivity index (χ3n) is 7.39. The number of halogens is 2. The summed E-state index contributed by atoms with van der Waals surface area (Å²) in [4.78, 5) is 27.0. The second-order valence-corrected chi connectivity index (χ2v) is 12.3. The molecule has 218 valence electrons. The first-order valence-electron chi connectivity index (χ1n) is 13.9. The van der Waals surface area contributed by atoms with Gasteiger partial charge in [0.2, 0.25) is 5.91 Å². The predicted octanol–water partition coefficient (Wildman–Crippen LogP) is 7.24. The summed E-state index contributed by atoms with van der Waals surface area (Å²) in [7, 11) is 1.65. The van der Waals surface area contributed by atoms with E-state index in [4.69, 9.17) is 14.2 Å². The third-order valence-corrected chi connectivity index (χ3v) is 8.83. The number of rotatable bonds is 8. The molecule has 0 N–H and O–H groups in total. The molecule has 0 bridgehead atoms. The second-order valence-electron chi connectivity index (χ2n) is 10.6. The van der Waals surface area contributed by atoms with Gasteiger partial charge in [0.15, 0.2) is 0 Å². The van der Waals surface area contributed by atoms with Crippen molar-refractivity contribution in [3.8, 4) is 5.75 Å². The maximum Gasteiger partial charge on any atom is 0.232 e. The number of aryl methyl sites for hydroxylation is 2. The normalized spacial score (nSPS) is 18.0. The molecule has 2 saturated heterocycles. The standard InChI is InChI=1S/C20H22BrNO3.C13H15BrO2/c1-14-3-8-18(21)19(11-14)22(20(23)16-9-10-25-13-16)12-15-4-6-17(24-2)7-5-15;1-9-2-3-12(14)11(6-9)7-13(15)10-4-5-16-8-10/h3-8,11,16H,9-10,12-13H2,1-2H3;2-3,6,10H,4-5,7-8H2,1H3. The van der Waals surface area contributed by atoms with Gasteiger partial charge in [0.25, 0.3) is 0 Å². The zero-order valence-electron chi connectivity index (χ0n) is 23.8. The highest BCUT2D eigenvalue weighted by Gasteiger charge is 2.30. The average Bonchev–Trinajstić information content (AvgIpc) is 3.71. The molecule has 0 aliphatic carbocycles. The molecule has 5 rings (SSSR count). The van der Waals surface area contributed by atoms with Crippen molar-refractivity contribution in [1.29, 1.82) is 0 Å². The van der Waals surface area contributed by atoms with E-state index in [1.807, 2.05) is 73.3 Å². The number of nitrogens with zero attached hydrogens (tertiary/aromatic N) is 1. The minimum absolute atomic E-state index is 0.0781. The quantitative estimate of drug-likeness (QED) is 0.250. The van der Waals surface area contributed by atoms with Crippen molar-refractivity contribution >= 4 is 49.2 Å². The van der Waals surface area contributed by atoms with Crippen LogP contribution in [0.2, 0.25) is 0 Å². The SMILES string of the molecule is COc1ccc(CN(C(=O)C2CCOC2)c2cc(C)ccc2Br)cc1.Cc1ccc(Br)c(CC(=O)C2CCOC2)c1. The Kier molecular flexibility index (Phi) is 11.6. The van der Waals surface area contributed by atoms with Gasteiger partial charge < -0.3 is 19.1 Å². The number of Topliss-reactive ketones (excluding diaryl/α,β-unsaturated/α-hetero) is 1. The van der Waals surface area contributed by atoms with E-state index >= 15 is 0 Å². The smallest absolute Gasteiger partial charge is 0.232 e. The van der Waals surface area contributed by atoms with Gasteiger partial charge in [0, 0.05) is 34.5 Å². The molecule has 1 amide bonds. The van der Waals surface area contributed by atoms with Crippen molar-refractivity contribution in [3.63, 3.8) is 0 Å². The summed E-state index contributed by atoms with van der Waals surface area (Å²) < 4.78 is 17.8. The second kappa shape index (κ2) is 15.1. The van der Waals surface area contributed by atoms with Crippen molar-refractivity contribution in [2.24, 2.45) is 11.8 Å². The first-order valence-corrected chi connectivity index (χ1v) is 15.5. The number of benzene rings is 3. The van der Waals surface area contributed by atoms with Crippen LogP contribution in [0.25, 0.3) is 0 Å². The van der Waals surface area contributed by atoms with Gasteiger partial charge >= 0.3 is 0 Å². The maximum atomic E-state index is 13.1. The molecule has 3 aromatic carbocycles. The summed E-state index contributed by atoms with van der Waals surface area (Å²) in [6, 6.07) is 20.0. The number of carbonyl (C=O) groups is 2. The van der Waals surface area contributed by atoms with Crippen LogP contribution in [0, 0.1) is 25.7 Å². The van der Waals surface area contributed by atoms with Gasteiger partial charge in [-0.1, -0.05) is 51.8 Å². The van der Waals surface area contributed by atoms with Crippen molar-refractivity contribution in [3.05, 3.63) is 91.9 Å². The van der Waals surface area contributed by atoms with Gasteiger partial charge in [0.1, 0.15) is 11.5 Å². The van der Waals surface area contributed by atoms with Crippen LogP contribution in [0.15, 0.2) is 69.6 Å². The zero-order valence-corrected chi connectivity index (χ0v) is 27.0. The Bertz CT molecular complexity index is 1330. The highest BCUT2D eigenvalue weighted by molar-refractivity contribution is 9.11. The molecular formula is C33H37Br2NO5. The van der Waals surface area contributed by atoms with Gasteiger partial charge in [-0.15, -0.1) is 0 Å². The number of anilines is 1. The van der Waals surface area contributed by atoms with E-state index in [9.17, 15) is 9.59 Å². The molecule has 2 atom stereocenters. The summed E-state index contributed by atoms with van der Waals surface area (Å²) >= 11 is 7.08. The van der Waals surface area contributed by atoms with E-state index in [1.54, 1.807) is 7.11 Å². The number of carbonyl (C=O) groups excluding carboxylic acids is 2. The fourth-order valence-electron chi connectivity index (χ4n) is 4.93. The molecule has 2 aliphatic heterocycles. The average molecular weight is 687 g/mol. The lowest BCUT2D eigenvalue weighted by Crippen LogP contribution is -2.36. The molecule has 3 aromatic rings. The Morgan fingerprint density at radius 3 is 2.07 bits per heavy atom. The summed E-state index contributed by atoms with van der Waals surface area (Å²) in [5, 5.41) is 0. The number of ether oxygens (including phenoxy) is 3. The number of methoxy groups -OCH3 is 1. The van der Waals surface area contributed by atoms with Crippen LogP contribution in [-0.4, -0.2) is 45.2 Å². The van der Waals surface area contributed by atoms with Crippen molar-refractivity contribution in [2.75, 3.05) is 38.4 Å². The maximum absolute atomic E-state index is 13.1.